The summed E-state index contributed by atoms with van der Waals surface area (Å²) in [6.45, 7) is 11.1. The molecule has 3 aromatic carbocycles. The molecule has 0 amide bonds. The molecule has 0 fully saturated rings. The van der Waals surface area contributed by atoms with Crippen molar-refractivity contribution in [1.29, 1.82) is 0 Å². The fourth-order valence-electron chi connectivity index (χ4n) is 5.94. The fourth-order valence-corrected chi connectivity index (χ4v) is 8.58. The molecular weight excluding hydrogens is 536 g/mol. The summed E-state index contributed by atoms with van der Waals surface area (Å²) in [5.74, 6) is 0. The number of hydrogen-bond acceptors (Lipinski definition) is 3. The molecule has 2 aliphatic rings. The Morgan fingerprint density at radius 3 is 2.72 bits per heavy atom. The molecule has 0 saturated carbocycles. The van der Waals surface area contributed by atoms with Crippen LogP contribution in [0.4, 0.5) is 5.69 Å². The van der Waals surface area contributed by atoms with Crippen LogP contribution in [-0.2, 0) is 6.54 Å². The molecule has 0 saturated heterocycles. The Morgan fingerprint density at radius 1 is 1.05 bits per heavy atom. The van der Waals surface area contributed by atoms with Gasteiger partial charge in [0.15, 0.2) is 0 Å². The molecule has 0 unspecified atom stereocenters. The third-order valence-corrected chi connectivity index (χ3v) is 9.98. The van der Waals surface area contributed by atoms with Gasteiger partial charge in [-0.1, -0.05) is 91.0 Å². The second-order valence-corrected chi connectivity index (χ2v) is 13.7. The lowest BCUT2D eigenvalue weighted by Crippen LogP contribution is -2.33. The van der Waals surface area contributed by atoms with Gasteiger partial charge >= 0.3 is 0 Å². The van der Waals surface area contributed by atoms with Crippen LogP contribution < -0.4 is 9.47 Å². The number of thioether (sulfide) groups is 1. The summed E-state index contributed by atoms with van der Waals surface area (Å²) in [6, 6.07) is 19.4. The molecule has 0 atom stereocenters. The minimum absolute atomic E-state index is 0.221. The number of hydrogen-bond donors (Lipinski definition) is 0. The van der Waals surface area contributed by atoms with Gasteiger partial charge < -0.3 is 4.90 Å². The molecule has 6 rings (SSSR count). The van der Waals surface area contributed by atoms with Crippen LogP contribution >= 0.6 is 34.7 Å². The lowest BCUT2D eigenvalue weighted by atomic mass is 9.75. The highest BCUT2D eigenvalue weighted by Gasteiger charge is 2.27. The number of benzene rings is 3. The van der Waals surface area contributed by atoms with Crippen molar-refractivity contribution in [2.45, 2.75) is 52.0 Å². The molecule has 0 N–H and O–H groups in total. The molecule has 198 valence electrons. The van der Waals surface area contributed by atoms with Gasteiger partial charge in [0.25, 0.3) is 5.01 Å². The molecule has 4 aromatic rings. The van der Waals surface area contributed by atoms with Gasteiger partial charge in [0.1, 0.15) is 11.2 Å². The molecule has 39 heavy (non-hydrogen) atoms. The van der Waals surface area contributed by atoms with Crippen LogP contribution in [0.2, 0.25) is 5.02 Å². The van der Waals surface area contributed by atoms with Crippen molar-refractivity contribution in [3.63, 3.8) is 0 Å². The zero-order chi connectivity index (χ0) is 27.1. The van der Waals surface area contributed by atoms with Crippen LogP contribution in [0.5, 0.6) is 0 Å². The van der Waals surface area contributed by atoms with E-state index in [4.69, 9.17) is 11.6 Å². The molecule has 2 heterocycles. The highest BCUT2D eigenvalue weighted by Crippen LogP contribution is 2.47. The SMILES string of the molecule is CCN1/C(=C/C=C/C2=CC(=C\c3sc4ccc5ccccc5c4[n+]3CC)/CC(C)(C)C2)Sc2cc(Cl)ccc21. The van der Waals surface area contributed by atoms with Crippen molar-refractivity contribution < 1.29 is 4.57 Å². The Bertz CT molecular complexity index is 1700. The van der Waals surface area contributed by atoms with Crippen molar-refractivity contribution in [2.75, 3.05) is 11.4 Å². The molecular formula is C34H34ClN2S2+. The van der Waals surface area contributed by atoms with Crippen LogP contribution in [0.1, 0.15) is 45.5 Å². The standard InChI is InChI=1S/C34H34ClN2S2/c1-5-36-28-16-15-26(35)20-30(28)39-31(36)13-9-10-23-18-24(22-34(3,4)21-23)19-32-37(6-2)33-27-12-8-7-11-25(27)14-17-29(33)38-32/h7-20H,5-6,21-22H2,1-4H3/q+1. The summed E-state index contributed by atoms with van der Waals surface area (Å²) < 4.78 is 3.84. The van der Waals surface area contributed by atoms with Crippen molar-refractivity contribution in [3.05, 3.63) is 105 Å². The van der Waals surface area contributed by atoms with Crippen LogP contribution in [0.15, 0.2) is 100.0 Å². The lowest BCUT2D eigenvalue weighted by molar-refractivity contribution is -0.664. The number of thiazole rings is 1. The predicted octanol–water partition coefficient (Wildman–Crippen LogP) is 10.2. The molecule has 5 heteroatoms. The Kier molecular flexibility index (Phi) is 7.22. The number of halogens is 1. The second kappa shape index (κ2) is 10.6. The summed E-state index contributed by atoms with van der Waals surface area (Å²) in [5, 5.41) is 6.01. The predicted molar refractivity (Wildman–Crippen MR) is 172 cm³/mol. The zero-order valence-electron chi connectivity index (χ0n) is 23.0. The first kappa shape index (κ1) is 26.4. The molecule has 1 aliphatic heterocycles. The Hall–Kier alpha value is -2.79. The highest BCUT2D eigenvalue weighted by atomic mass is 35.5. The van der Waals surface area contributed by atoms with E-state index in [9.17, 15) is 0 Å². The van der Waals surface area contributed by atoms with Crippen LogP contribution in [0.25, 0.3) is 27.1 Å². The maximum atomic E-state index is 6.26. The first-order valence-corrected chi connectivity index (χ1v) is 15.7. The third kappa shape index (κ3) is 5.23. The number of nitrogens with zero attached hydrogens (tertiary/aromatic N) is 2. The maximum Gasteiger partial charge on any atom is 0.263 e. The monoisotopic (exact) mass is 569 g/mol. The van der Waals surface area contributed by atoms with E-state index in [1.165, 1.54) is 52.8 Å². The van der Waals surface area contributed by atoms with Crippen molar-refractivity contribution in [1.82, 2.24) is 0 Å². The van der Waals surface area contributed by atoms with E-state index in [0.717, 1.165) is 31.0 Å². The first-order valence-electron chi connectivity index (χ1n) is 13.7. The van der Waals surface area contributed by atoms with Gasteiger partial charge in [0.05, 0.1) is 16.1 Å². The summed E-state index contributed by atoms with van der Waals surface area (Å²) in [4.78, 5) is 3.59. The fraction of sp³-hybridized carbons (Fsp3) is 0.265. The summed E-state index contributed by atoms with van der Waals surface area (Å²) in [5.41, 5.74) is 5.61. The average molecular weight is 570 g/mol. The first-order chi connectivity index (χ1) is 18.8. The average Bonchev–Trinajstić information content (AvgIpc) is 3.44. The topological polar surface area (TPSA) is 7.12 Å². The summed E-state index contributed by atoms with van der Waals surface area (Å²) >= 11 is 9.96. The van der Waals surface area contributed by atoms with Crippen molar-refractivity contribution >= 4 is 67.5 Å². The summed E-state index contributed by atoms with van der Waals surface area (Å²) in [7, 11) is 0. The van der Waals surface area contributed by atoms with Gasteiger partial charge in [-0.25, -0.2) is 0 Å². The number of allylic oxidation sites excluding steroid dienone is 6. The normalized spacial score (nSPS) is 19.1. The maximum absolute atomic E-state index is 6.26. The highest BCUT2D eigenvalue weighted by molar-refractivity contribution is 8.03. The zero-order valence-corrected chi connectivity index (χ0v) is 25.4. The van der Waals surface area contributed by atoms with Gasteiger partial charge in [-0.05, 0) is 85.0 Å². The van der Waals surface area contributed by atoms with E-state index < -0.39 is 0 Å². The van der Waals surface area contributed by atoms with Crippen molar-refractivity contribution in [2.24, 2.45) is 5.41 Å². The minimum atomic E-state index is 0.221. The van der Waals surface area contributed by atoms with E-state index in [1.807, 2.05) is 17.4 Å². The Morgan fingerprint density at radius 2 is 1.90 bits per heavy atom. The molecule has 0 bridgehead atoms. The number of anilines is 1. The van der Waals surface area contributed by atoms with Crippen LogP contribution in [0, 0.1) is 5.41 Å². The molecule has 0 radical (unpaired) electrons. The van der Waals surface area contributed by atoms with E-state index >= 15 is 0 Å². The van der Waals surface area contributed by atoms with Gasteiger partial charge in [0, 0.05) is 22.5 Å². The van der Waals surface area contributed by atoms with Gasteiger partial charge in [-0.3, -0.25) is 0 Å². The smallest absolute Gasteiger partial charge is 0.263 e. The van der Waals surface area contributed by atoms with Crippen LogP contribution in [0.3, 0.4) is 0 Å². The third-order valence-electron chi connectivity index (χ3n) is 7.53. The molecule has 1 aliphatic carbocycles. The Labute approximate surface area is 245 Å². The summed E-state index contributed by atoms with van der Waals surface area (Å²) in [6.07, 6.45) is 13.8. The van der Waals surface area contributed by atoms with E-state index in [-0.39, 0.29) is 5.41 Å². The number of aryl methyl sites for hydroxylation is 1. The van der Waals surface area contributed by atoms with E-state index in [2.05, 4.69) is 116 Å². The quantitative estimate of drug-likeness (QED) is 0.221. The molecule has 0 spiro atoms. The number of rotatable bonds is 5. The molecule has 2 nitrogen and oxygen atoms in total. The lowest BCUT2D eigenvalue weighted by Gasteiger charge is -2.30. The number of fused-ring (bicyclic) bond motifs is 4. The van der Waals surface area contributed by atoms with Crippen LogP contribution in [-0.4, -0.2) is 6.54 Å². The number of aromatic nitrogens is 1. The van der Waals surface area contributed by atoms with E-state index in [0.29, 0.717) is 0 Å². The second-order valence-electron chi connectivity index (χ2n) is 11.1. The van der Waals surface area contributed by atoms with Gasteiger partial charge in [-0.2, -0.15) is 4.57 Å². The minimum Gasteiger partial charge on any atom is -0.335 e. The largest absolute Gasteiger partial charge is 0.335 e. The molecule has 1 aromatic heterocycles. The van der Waals surface area contributed by atoms with Crippen molar-refractivity contribution in [3.8, 4) is 0 Å². The van der Waals surface area contributed by atoms with E-state index in [1.54, 1.807) is 11.8 Å². The van der Waals surface area contributed by atoms with Gasteiger partial charge in [0.2, 0.25) is 5.52 Å². The van der Waals surface area contributed by atoms with Gasteiger partial charge in [-0.15, -0.1) is 0 Å². The Balaban J connectivity index is 1.33.